The molecule has 1 N–H and O–H groups in total. The van der Waals surface area contributed by atoms with Gasteiger partial charge in [0.05, 0.1) is 0 Å². The zero-order valence-corrected chi connectivity index (χ0v) is 4.98. The standard InChI is InChI=1S/C6H6FN2/c1-8-6-4-2-3-5(7)9-6/h2,4H,1H3,(H,8,9). The van der Waals surface area contributed by atoms with Crippen LogP contribution >= 0.6 is 0 Å². The first kappa shape index (κ1) is 6.01. The maximum atomic E-state index is 12.1. The fourth-order valence-corrected chi connectivity index (χ4v) is 0.504. The lowest BCUT2D eigenvalue weighted by Crippen LogP contribution is -1.92. The van der Waals surface area contributed by atoms with E-state index in [1.54, 1.807) is 13.1 Å². The molecule has 1 heterocycles. The first-order valence-electron chi connectivity index (χ1n) is 2.55. The molecule has 2 nitrogen and oxygen atoms in total. The third kappa shape index (κ3) is 1.38. The van der Waals surface area contributed by atoms with Crippen LogP contribution in [0.1, 0.15) is 0 Å². The number of aromatic nitrogens is 1. The molecule has 1 radical (unpaired) electrons. The van der Waals surface area contributed by atoms with Crippen molar-refractivity contribution >= 4 is 5.82 Å². The number of rotatable bonds is 1. The molecule has 0 atom stereocenters. The molecule has 0 aliphatic carbocycles. The second-order valence-electron chi connectivity index (χ2n) is 1.52. The second-order valence-corrected chi connectivity index (χ2v) is 1.52. The molecule has 0 amide bonds. The molecule has 0 aromatic carbocycles. The summed E-state index contributed by atoms with van der Waals surface area (Å²) in [6.07, 6.45) is 0. The predicted octanol–water partition coefficient (Wildman–Crippen LogP) is 1.06. The summed E-state index contributed by atoms with van der Waals surface area (Å²) >= 11 is 0. The van der Waals surface area contributed by atoms with Crippen molar-refractivity contribution in [2.24, 2.45) is 0 Å². The van der Waals surface area contributed by atoms with E-state index in [1.807, 2.05) is 0 Å². The van der Waals surface area contributed by atoms with Gasteiger partial charge >= 0.3 is 0 Å². The van der Waals surface area contributed by atoms with Crippen LogP contribution in [0.25, 0.3) is 0 Å². The minimum absolute atomic E-state index is 0.520. The summed E-state index contributed by atoms with van der Waals surface area (Å²) in [5, 5.41) is 2.70. The van der Waals surface area contributed by atoms with E-state index in [4.69, 9.17) is 0 Å². The zero-order chi connectivity index (χ0) is 6.69. The Morgan fingerprint density at radius 2 is 2.56 bits per heavy atom. The molecule has 0 saturated carbocycles. The van der Waals surface area contributed by atoms with Crippen molar-refractivity contribution in [1.29, 1.82) is 0 Å². The first-order valence-corrected chi connectivity index (χ1v) is 2.55. The summed E-state index contributed by atoms with van der Waals surface area (Å²) in [7, 11) is 1.68. The predicted molar refractivity (Wildman–Crippen MR) is 32.6 cm³/mol. The molecular formula is C6H6FN2. The fraction of sp³-hybridized carbons (Fsp3) is 0.167. The quantitative estimate of drug-likeness (QED) is 0.568. The van der Waals surface area contributed by atoms with E-state index in [2.05, 4.69) is 16.4 Å². The van der Waals surface area contributed by atoms with Gasteiger partial charge in [0.15, 0.2) is 0 Å². The highest BCUT2D eigenvalue weighted by Gasteiger charge is 1.90. The molecule has 0 spiro atoms. The molecule has 1 aromatic rings. The van der Waals surface area contributed by atoms with Crippen molar-refractivity contribution in [3.05, 3.63) is 24.1 Å². The number of anilines is 1. The largest absolute Gasteiger partial charge is 0.373 e. The lowest BCUT2D eigenvalue weighted by molar-refractivity contribution is 0.583. The SMILES string of the molecule is CNc1cc[c]c(F)n1. The van der Waals surface area contributed by atoms with Gasteiger partial charge in [-0.2, -0.15) is 4.39 Å². The van der Waals surface area contributed by atoms with Gasteiger partial charge in [0, 0.05) is 13.1 Å². The van der Waals surface area contributed by atoms with E-state index in [9.17, 15) is 4.39 Å². The Morgan fingerprint density at radius 1 is 1.78 bits per heavy atom. The van der Waals surface area contributed by atoms with Gasteiger partial charge in [-0.3, -0.25) is 0 Å². The topological polar surface area (TPSA) is 24.9 Å². The Morgan fingerprint density at radius 3 is 3.00 bits per heavy atom. The van der Waals surface area contributed by atoms with Crippen LogP contribution in [0.2, 0.25) is 0 Å². The number of pyridine rings is 1. The van der Waals surface area contributed by atoms with Gasteiger partial charge in [0.2, 0.25) is 5.95 Å². The minimum Gasteiger partial charge on any atom is -0.373 e. The van der Waals surface area contributed by atoms with Gasteiger partial charge in [0.25, 0.3) is 0 Å². The molecule has 0 saturated heterocycles. The van der Waals surface area contributed by atoms with Crippen LogP contribution in [0.5, 0.6) is 0 Å². The van der Waals surface area contributed by atoms with E-state index < -0.39 is 5.95 Å². The summed E-state index contributed by atoms with van der Waals surface area (Å²) in [5.74, 6) is -0.0619. The van der Waals surface area contributed by atoms with Crippen LogP contribution in [0.15, 0.2) is 12.1 Å². The third-order valence-corrected chi connectivity index (χ3v) is 0.918. The van der Waals surface area contributed by atoms with E-state index in [1.165, 1.54) is 6.07 Å². The van der Waals surface area contributed by atoms with Gasteiger partial charge in [-0.1, -0.05) is 0 Å². The van der Waals surface area contributed by atoms with Crippen molar-refractivity contribution < 1.29 is 4.39 Å². The highest BCUT2D eigenvalue weighted by molar-refractivity contribution is 5.31. The normalized spacial score (nSPS) is 9.11. The summed E-state index contributed by atoms with van der Waals surface area (Å²) in [6.45, 7) is 0. The fourth-order valence-electron chi connectivity index (χ4n) is 0.504. The number of halogens is 1. The molecule has 0 aliphatic rings. The van der Waals surface area contributed by atoms with Crippen molar-refractivity contribution in [2.45, 2.75) is 0 Å². The number of nitrogens with zero attached hydrogens (tertiary/aromatic N) is 1. The van der Waals surface area contributed by atoms with Crippen LogP contribution in [-0.4, -0.2) is 12.0 Å². The maximum absolute atomic E-state index is 12.1. The average Bonchev–Trinajstić information content (AvgIpc) is 1.88. The van der Waals surface area contributed by atoms with Crippen molar-refractivity contribution in [1.82, 2.24) is 4.98 Å². The van der Waals surface area contributed by atoms with Crippen molar-refractivity contribution in [3.63, 3.8) is 0 Å². The highest BCUT2D eigenvalue weighted by Crippen LogP contribution is 1.99. The Balaban J connectivity index is 2.94. The number of nitrogens with one attached hydrogen (secondary N) is 1. The minimum atomic E-state index is -0.582. The van der Waals surface area contributed by atoms with Crippen LogP contribution in [0.4, 0.5) is 10.2 Å². The summed E-state index contributed by atoms with van der Waals surface area (Å²) < 4.78 is 12.1. The molecule has 0 fully saturated rings. The van der Waals surface area contributed by atoms with Crippen LogP contribution in [-0.2, 0) is 0 Å². The Labute approximate surface area is 52.7 Å². The lowest BCUT2D eigenvalue weighted by atomic mass is 10.5. The summed E-state index contributed by atoms with van der Waals surface area (Å²) in [5.41, 5.74) is 0. The van der Waals surface area contributed by atoms with E-state index in [0.29, 0.717) is 5.82 Å². The van der Waals surface area contributed by atoms with Gasteiger partial charge in [-0.25, -0.2) is 4.98 Å². The molecule has 47 valence electrons. The van der Waals surface area contributed by atoms with Crippen LogP contribution < -0.4 is 5.32 Å². The molecule has 1 rings (SSSR count). The summed E-state index contributed by atoms with van der Waals surface area (Å²) in [4.78, 5) is 3.46. The first-order chi connectivity index (χ1) is 4.33. The zero-order valence-electron chi connectivity index (χ0n) is 4.98. The highest BCUT2D eigenvalue weighted by atomic mass is 19.1. The maximum Gasteiger partial charge on any atom is 0.222 e. The molecule has 0 unspecified atom stereocenters. The molecule has 3 heteroatoms. The number of hydrogen-bond donors (Lipinski definition) is 1. The number of hydrogen-bond acceptors (Lipinski definition) is 2. The smallest absolute Gasteiger partial charge is 0.222 e. The van der Waals surface area contributed by atoms with Crippen LogP contribution in [0, 0.1) is 12.0 Å². The third-order valence-electron chi connectivity index (χ3n) is 0.918. The lowest BCUT2D eigenvalue weighted by Gasteiger charge is -1.94. The Hall–Kier alpha value is -1.12. The monoisotopic (exact) mass is 125 g/mol. The van der Waals surface area contributed by atoms with Crippen LogP contribution in [0.3, 0.4) is 0 Å². The van der Waals surface area contributed by atoms with Crippen molar-refractivity contribution in [2.75, 3.05) is 12.4 Å². The Bertz CT molecular complexity index is 200. The van der Waals surface area contributed by atoms with Gasteiger partial charge in [-0.15, -0.1) is 0 Å². The second kappa shape index (κ2) is 2.44. The average molecular weight is 125 g/mol. The van der Waals surface area contributed by atoms with E-state index in [0.717, 1.165) is 0 Å². The van der Waals surface area contributed by atoms with Crippen molar-refractivity contribution in [3.8, 4) is 0 Å². The Kier molecular flexibility index (Phi) is 1.63. The molecule has 0 bridgehead atoms. The molecule has 9 heavy (non-hydrogen) atoms. The molecular weight excluding hydrogens is 119 g/mol. The molecule has 0 aliphatic heterocycles. The van der Waals surface area contributed by atoms with Gasteiger partial charge in [0.1, 0.15) is 5.82 Å². The van der Waals surface area contributed by atoms with E-state index in [-0.39, 0.29) is 0 Å². The van der Waals surface area contributed by atoms with Gasteiger partial charge < -0.3 is 5.32 Å². The van der Waals surface area contributed by atoms with E-state index >= 15 is 0 Å². The summed E-state index contributed by atoms with van der Waals surface area (Å²) in [6, 6.07) is 5.41. The molecule has 1 aromatic heterocycles. The van der Waals surface area contributed by atoms with Gasteiger partial charge in [-0.05, 0) is 12.1 Å².